The number of hydrogen-bond acceptors (Lipinski definition) is 1. The van der Waals surface area contributed by atoms with Gasteiger partial charge < -0.3 is 5.32 Å². The Hall–Kier alpha value is -0.900. The highest BCUT2D eigenvalue weighted by atomic mass is 79.9. The second-order valence-corrected chi connectivity index (χ2v) is 6.30. The Morgan fingerprint density at radius 3 is 2.71 bits per heavy atom. The minimum atomic E-state index is -0.322. The van der Waals surface area contributed by atoms with Crippen LogP contribution < -0.4 is 5.32 Å². The van der Waals surface area contributed by atoms with Gasteiger partial charge in [-0.2, -0.15) is 0 Å². The summed E-state index contributed by atoms with van der Waals surface area (Å²) in [4.78, 5) is 0. The lowest BCUT2D eigenvalue weighted by atomic mass is 9.98. The smallest absolute Gasteiger partial charge is 0.145 e. The summed E-state index contributed by atoms with van der Waals surface area (Å²) in [6, 6.07) is 13.3. The van der Waals surface area contributed by atoms with E-state index in [9.17, 15) is 4.39 Å². The molecule has 0 amide bonds. The third-order valence-electron chi connectivity index (χ3n) is 3.35. The van der Waals surface area contributed by atoms with E-state index in [-0.39, 0.29) is 16.9 Å². The zero-order chi connectivity index (χ0) is 15.2. The number of benzene rings is 2. The van der Waals surface area contributed by atoms with Gasteiger partial charge in [0.15, 0.2) is 0 Å². The highest BCUT2D eigenvalue weighted by molar-refractivity contribution is 9.10. The predicted molar refractivity (Wildman–Crippen MR) is 90.3 cm³/mol. The van der Waals surface area contributed by atoms with Crippen molar-refractivity contribution in [1.29, 1.82) is 0 Å². The molecule has 2 aromatic rings. The first-order valence-corrected chi connectivity index (χ1v) is 8.20. The summed E-state index contributed by atoms with van der Waals surface area (Å²) in [6.07, 6.45) is 1.60. The van der Waals surface area contributed by atoms with Crippen LogP contribution in [0.5, 0.6) is 0 Å². The van der Waals surface area contributed by atoms with E-state index in [1.54, 1.807) is 18.2 Å². The third-order valence-corrected chi connectivity index (χ3v) is 4.13. The van der Waals surface area contributed by atoms with Gasteiger partial charge in [-0.05, 0) is 48.7 Å². The van der Waals surface area contributed by atoms with Gasteiger partial charge in [0.2, 0.25) is 0 Å². The Morgan fingerprint density at radius 2 is 2.00 bits per heavy atom. The second-order valence-electron chi connectivity index (χ2n) is 4.98. The summed E-state index contributed by atoms with van der Waals surface area (Å²) in [7, 11) is 0. The van der Waals surface area contributed by atoms with Crippen molar-refractivity contribution in [2.75, 3.05) is 6.54 Å². The number of hydrogen-bond donors (Lipinski definition) is 1. The molecule has 1 atom stereocenters. The molecule has 0 radical (unpaired) electrons. The molecule has 0 spiro atoms. The summed E-state index contributed by atoms with van der Waals surface area (Å²) in [5, 5.41) is 3.65. The van der Waals surface area contributed by atoms with Crippen LogP contribution in [0, 0.1) is 5.82 Å². The first kappa shape index (κ1) is 16.5. The summed E-state index contributed by atoms with van der Waals surface area (Å²) in [6.45, 7) is 3.00. The molecule has 0 aliphatic rings. The van der Waals surface area contributed by atoms with Gasteiger partial charge in [0.05, 0.1) is 5.02 Å². The van der Waals surface area contributed by atoms with Crippen LogP contribution in [-0.2, 0) is 6.42 Å². The lowest BCUT2D eigenvalue weighted by molar-refractivity contribution is 0.513. The Balaban J connectivity index is 2.26. The van der Waals surface area contributed by atoms with Crippen LogP contribution in [0.4, 0.5) is 4.39 Å². The highest BCUT2D eigenvalue weighted by Gasteiger charge is 2.15. The molecule has 0 aromatic heterocycles. The lowest BCUT2D eigenvalue weighted by Gasteiger charge is -2.20. The summed E-state index contributed by atoms with van der Waals surface area (Å²) >= 11 is 9.36. The molecule has 0 bridgehead atoms. The minimum absolute atomic E-state index is 0.0652. The fourth-order valence-corrected chi connectivity index (χ4v) is 2.89. The molecule has 0 saturated carbocycles. The molecule has 0 saturated heterocycles. The van der Waals surface area contributed by atoms with Crippen molar-refractivity contribution in [2.45, 2.75) is 25.8 Å². The quantitative estimate of drug-likeness (QED) is 0.705. The van der Waals surface area contributed by atoms with Crippen LogP contribution in [0.3, 0.4) is 0 Å². The topological polar surface area (TPSA) is 12.0 Å². The van der Waals surface area contributed by atoms with E-state index in [0.29, 0.717) is 12.0 Å². The van der Waals surface area contributed by atoms with Crippen LogP contribution in [0.1, 0.15) is 30.5 Å². The number of rotatable bonds is 6. The molecule has 0 heterocycles. The molecule has 0 aliphatic carbocycles. The predicted octanol–water partition coefficient (Wildman–Crippen LogP) is 5.53. The Bertz CT molecular complexity index is 603. The molecule has 112 valence electrons. The van der Waals surface area contributed by atoms with E-state index in [1.807, 2.05) is 12.1 Å². The van der Waals surface area contributed by atoms with Gasteiger partial charge >= 0.3 is 0 Å². The molecule has 4 heteroatoms. The molecule has 1 N–H and O–H groups in total. The van der Waals surface area contributed by atoms with Crippen molar-refractivity contribution >= 4 is 27.5 Å². The van der Waals surface area contributed by atoms with Gasteiger partial charge in [-0.25, -0.2) is 4.39 Å². The molecule has 21 heavy (non-hydrogen) atoms. The first-order chi connectivity index (χ1) is 10.1. The van der Waals surface area contributed by atoms with Crippen molar-refractivity contribution in [3.8, 4) is 0 Å². The molecule has 0 aliphatic heterocycles. The van der Waals surface area contributed by atoms with Gasteiger partial charge in [0.25, 0.3) is 0 Å². The van der Waals surface area contributed by atoms with Crippen molar-refractivity contribution in [1.82, 2.24) is 5.32 Å². The Kier molecular flexibility index (Phi) is 6.22. The molecule has 2 aromatic carbocycles. The summed E-state index contributed by atoms with van der Waals surface area (Å²) < 4.78 is 15.1. The number of halogens is 3. The van der Waals surface area contributed by atoms with E-state index >= 15 is 0 Å². The van der Waals surface area contributed by atoms with E-state index in [2.05, 4.69) is 40.3 Å². The van der Waals surface area contributed by atoms with Crippen LogP contribution in [0.15, 0.2) is 46.9 Å². The van der Waals surface area contributed by atoms with Gasteiger partial charge in [0.1, 0.15) is 5.82 Å². The molecule has 1 nitrogen and oxygen atoms in total. The zero-order valence-electron chi connectivity index (χ0n) is 11.9. The fraction of sp³-hybridized carbons (Fsp3) is 0.294. The van der Waals surface area contributed by atoms with Gasteiger partial charge in [-0.15, -0.1) is 0 Å². The van der Waals surface area contributed by atoms with Crippen LogP contribution in [0.25, 0.3) is 0 Å². The highest BCUT2D eigenvalue weighted by Crippen LogP contribution is 2.25. The summed E-state index contributed by atoms with van der Waals surface area (Å²) in [5.41, 5.74) is 1.77. The number of nitrogens with one attached hydrogen (secondary N) is 1. The lowest BCUT2D eigenvalue weighted by Crippen LogP contribution is -2.24. The van der Waals surface area contributed by atoms with Gasteiger partial charge in [-0.3, -0.25) is 0 Å². The maximum absolute atomic E-state index is 14.1. The van der Waals surface area contributed by atoms with E-state index in [1.165, 1.54) is 0 Å². The fourth-order valence-electron chi connectivity index (χ4n) is 2.28. The second kappa shape index (κ2) is 7.92. The molecular formula is C17H18BrClFN. The van der Waals surface area contributed by atoms with Gasteiger partial charge in [-0.1, -0.05) is 58.7 Å². The third kappa shape index (κ3) is 4.53. The molecule has 0 fully saturated rings. The maximum atomic E-state index is 14.1. The largest absolute Gasteiger partial charge is 0.310 e. The zero-order valence-corrected chi connectivity index (χ0v) is 14.2. The van der Waals surface area contributed by atoms with E-state index < -0.39 is 0 Å². The molecule has 2 rings (SSSR count). The van der Waals surface area contributed by atoms with E-state index in [4.69, 9.17) is 11.6 Å². The first-order valence-electron chi connectivity index (χ1n) is 7.03. The SMILES string of the molecule is CCCNC(Cc1cccc(Cl)c1F)c1cccc(Br)c1. The van der Waals surface area contributed by atoms with Crippen molar-refractivity contribution in [2.24, 2.45) is 0 Å². The molecular weight excluding hydrogens is 353 g/mol. The van der Waals surface area contributed by atoms with Crippen molar-refractivity contribution < 1.29 is 4.39 Å². The summed E-state index contributed by atoms with van der Waals surface area (Å²) in [5.74, 6) is -0.322. The Morgan fingerprint density at radius 1 is 1.24 bits per heavy atom. The van der Waals surface area contributed by atoms with Crippen molar-refractivity contribution in [3.63, 3.8) is 0 Å². The Labute approximate surface area is 138 Å². The average Bonchev–Trinajstić information content (AvgIpc) is 2.47. The standard InChI is InChI=1S/C17H18BrClFN/c1-2-9-21-16(12-5-3-7-14(18)10-12)11-13-6-4-8-15(19)17(13)20/h3-8,10,16,21H,2,9,11H2,1H3. The van der Waals surface area contributed by atoms with Crippen LogP contribution in [-0.4, -0.2) is 6.54 Å². The maximum Gasteiger partial charge on any atom is 0.145 e. The van der Waals surface area contributed by atoms with Crippen LogP contribution in [0.2, 0.25) is 5.02 Å². The van der Waals surface area contributed by atoms with Gasteiger partial charge in [0, 0.05) is 10.5 Å². The molecule has 1 unspecified atom stereocenters. The van der Waals surface area contributed by atoms with E-state index in [0.717, 1.165) is 23.0 Å². The van der Waals surface area contributed by atoms with Crippen molar-refractivity contribution in [3.05, 3.63) is 68.9 Å². The average molecular weight is 371 g/mol. The monoisotopic (exact) mass is 369 g/mol. The minimum Gasteiger partial charge on any atom is -0.310 e. The van der Waals surface area contributed by atoms with Crippen LogP contribution >= 0.6 is 27.5 Å². The normalized spacial score (nSPS) is 12.4.